The van der Waals surface area contributed by atoms with Crippen LogP contribution in [0, 0.1) is 5.92 Å². The molecule has 7 heteroatoms. The molecule has 25 heavy (non-hydrogen) atoms. The summed E-state index contributed by atoms with van der Waals surface area (Å²) in [5.41, 5.74) is 0.0831. The van der Waals surface area contributed by atoms with Crippen LogP contribution >= 0.6 is 0 Å². The van der Waals surface area contributed by atoms with Crippen LogP contribution in [0.1, 0.15) is 33.3 Å². The summed E-state index contributed by atoms with van der Waals surface area (Å²) in [5, 5.41) is 2.37. The number of nitrogens with one attached hydrogen (secondary N) is 1. The van der Waals surface area contributed by atoms with Crippen molar-refractivity contribution in [1.29, 1.82) is 0 Å². The molecule has 138 valence electrons. The molecular formula is C18H25NO6. The van der Waals surface area contributed by atoms with E-state index in [1.807, 2.05) is 30.3 Å². The summed E-state index contributed by atoms with van der Waals surface area (Å²) in [6.45, 7) is 6.63. The van der Waals surface area contributed by atoms with Crippen LogP contribution in [0.4, 0.5) is 4.79 Å². The SMILES string of the molecule is COC(=O)[C@@H](NC(=O)OC(C)(C)C)C(C)C(=O)OCc1ccccc1. The van der Waals surface area contributed by atoms with Crippen LogP contribution in [0.3, 0.4) is 0 Å². The summed E-state index contributed by atoms with van der Waals surface area (Å²) >= 11 is 0. The van der Waals surface area contributed by atoms with Crippen LogP contribution in [0.2, 0.25) is 0 Å². The van der Waals surface area contributed by atoms with E-state index in [1.54, 1.807) is 20.8 Å². The van der Waals surface area contributed by atoms with Crippen molar-refractivity contribution in [3.05, 3.63) is 35.9 Å². The number of alkyl carbamates (subject to hydrolysis) is 1. The summed E-state index contributed by atoms with van der Waals surface area (Å²) in [4.78, 5) is 36.1. The van der Waals surface area contributed by atoms with Crippen molar-refractivity contribution in [3.63, 3.8) is 0 Å². The van der Waals surface area contributed by atoms with Crippen molar-refractivity contribution < 1.29 is 28.6 Å². The van der Waals surface area contributed by atoms with Gasteiger partial charge in [0.25, 0.3) is 0 Å². The number of ether oxygens (including phenoxy) is 3. The Morgan fingerprint density at radius 1 is 1.08 bits per heavy atom. The average Bonchev–Trinajstić information content (AvgIpc) is 2.55. The van der Waals surface area contributed by atoms with E-state index in [2.05, 4.69) is 10.1 Å². The molecule has 0 aliphatic rings. The molecule has 1 amide bonds. The van der Waals surface area contributed by atoms with Gasteiger partial charge in [0, 0.05) is 0 Å². The first-order valence-corrected chi connectivity index (χ1v) is 7.92. The number of hydrogen-bond acceptors (Lipinski definition) is 6. The standard InChI is InChI=1S/C18H25NO6/c1-12(15(20)24-11-13-9-7-6-8-10-13)14(16(21)23-5)19-17(22)25-18(2,3)4/h6-10,12,14H,11H2,1-5H3,(H,19,22)/t12?,14-/m0/s1. The molecule has 7 nitrogen and oxygen atoms in total. The Morgan fingerprint density at radius 2 is 1.68 bits per heavy atom. The molecule has 0 heterocycles. The molecule has 0 radical (unpaired) electrons. The number of methoxy groups -OCH3 is 1. The second kappa shape index (κ2) is 9.05. The maximum Gasteiger partial charge on any atom is 0.408 e. The van der Waals surface area contributed by atoms with Crippen molar-refractivity contribution in [1.82, 2.24) is 5.32 Å². The number of rotatable bonds is 6. The van der Waals surface area contributed by atoms with Crippen LogP contribution in [0.15, 0.2) is 30.3 Å². The van der Waals surface area contributed by atoms with E-state index in [4.69, 9.17) is 9.47 Å². The van der Waals surface area contributed by atoms with Gasteiger partial charge < -0.3 is 19.5 Å². The van der Waals surface area contributed by atoms with Gasteiger partial charge in [-0.25, -0.2) is 9.59 Å². The van der Waals surface area contributed by atoms with Gasteiger partial charge in [0.05, 0.1) is 13.0 Å². The third-order valence-corrected chi connectivity index (χ3v) is 3.22. The number of amides is 1. The minimum Gasteiger partial charge on any atom is -0.467 e. The minimum atomic E-state index is -1.21. The largest absolute Gasteiger partial charge is 0.467 e. The topological polar surface area (TPSA) is 90.9 Å². The predicted molar refractivity (Wildman–Crippen MR) is 90.6 cm³/mol. The summed E-state index contributed by atoms with van der Waals surface area (Å²) < 4.78 is 15.0. The molecule has 1 unspecified atom stereocenters. The Kier molecular flexibility index (Phi) is 7.42. The van der Waals surface area contributed by atoms with Gasteiger partial charge in [-0.1, -0.05) is 30.3 Å². The van der Waals surface area contributed by atoms with Gasteiger partial charge in [-0.2, -0.15) is 0 Å². The Hall–Kier alpha value is -2.57. The number of esters is 2. The van der Waals surface area contributed by atoms with Gasteiger partial charge in [0.15, 0.2) is 0 Å². The first-order chi connectivity index (χ1) is 11.6. The van der Waals surface area contributed by atoms with Crippen molar-refractivity contribution in [2.24, 2.45) is 5.92 Å². The Bertz CT molecular complexity index is 593. The third-order valence-electron chi connectivity index (χ3n) is 3.22. The zero-order valence-corrected chi connectivity index (χ0v) is 15.2. The molecule has 0 saturated carbocycles. The zero-order valence-electron chi connectivity index (χ0n) is 15.2. The van der Waals surface area contributed by atoms with Gasteiger partial charge in [-0.05, 0) is 33.3 Å². The van der Waals surface area contributed by atoms with E-state index in [0.29, 0.717) is 0 Å². The molecule has 1 N–H and O–H groups in total. The van der Waals surface area contributed by atoms with E-state index in [-0.39, 0.29) is 6.61 Å². The highest BCUT2D eigenvalue weighted by Gasteiger charge is 2.35. The third kappa shape index (κ3) is 7.24. The average molecular weight is 351 g/mol. The number of carbonyl (C=O) groups excluding carboxylic acids is 3. The monoisotopic (exact) mass is 351 g/mol. The van der Waals surface area contributed by atoms with Crippen LogP contribution in [-0.2, 0) is 30.4 Å². The van der Waals surface area contributed by atoms with Gasteiger partial charge >= 0.3 is 18.0 Å². The van der Waals surface area contributed by atoms with Crippen molar-refractivity contribution in [2.45, 2.75) is 45.9 Å². The highest BCUT2D eigenvalue weighted by Crippen LogP contribution is 2.12. The Morgan fingerprint density at radius 3 is 2.20 bits per heavy atom. The van der Waals surface area contributed by atoms with Gasteiger partial charge in [0.1, 0.15) is 18.2 Å². The molecule has 2 atom stereocenters. The van der Waals surface area contributed by atoms with E-state index in [1.165, 1.54) is 14.0 Å². The summed E-state index contributed by atoms with van der Waals surface area (Å²) in [6.07, 6.45) is -0.814. The molecule has 0 aliphatic carbocycles. The van der Waals surface area contributed by atoms with E-state index < -0.39 is 35.6 Å². The van der Waals surface area contributed by atoms with E-state index in [0.717, 1.165) is 5.56 Å². The molecule has 0 saturated heterocycles. The van der Waals surface area contributed by atoms with E-state index >= 15 is 0 Å². The summed E-state index contributed by atoms with van der Waals surface area (Å²) in [6, 6.07) is 7.93. The Balaban J connectivity index is 2.71. The maximum atomic E-state index is 12.2. The molecule has 0 spiro atoms. The van der Waals surface area contributed by atoms with E-state index in [9.17, 15) is 14.4 Å². The molecule has 0 aromatic heterocycles. The lowest BCUT2D eigenvalue weighted by molar-refractivity contribution is -0.156. The molecule has 1 aromatic rings. The van der Waals surface area contributed by atoms with Crippen molar-refractivity contribution >= 4 is 18.0 Å². The molecule has 0 aliphatic heterocycles. The highest BCUT2D eigenvalue weighted by atomic mass is 16.6. The van der Waals surface area contributed by atoms with Gasteiger partial charge in [-0.15, -0.1) is 0 Å². The van der Waals surface area contributed by atoms with Crippen LogP contribution < -0.4 is 5.32 Å². The van der Waals surface area contributed by atoms with Crippen LogP contribution in [-0.4, -0.2) is 36.8 Å². The molecule has 1 aromatic carbocycles. The lowest BCUT2D eigenvalue weighted by Gasteiger charge is -2.25. The number of benzene rings is 1. The van der Waals surface area contributed by atoms with Gasteiger partial charge in [0.2, 0.25) is 0 Å². The Labute approximate surface area is 147 Å². The van der Waals surface area contributed by atoms with Crippen molar-refractivity contribution in [2.75, 3.05) is 7.11 Å². The maximum absolute atomic E-state index is 12.2. The normalized spacial score (nSPS) is 13.3. The molecule has 0 fully saturated rings. The van der Waals surface area contributed by atoms with Gasteiger partial charge in [-0.3, -0.25) is 4.79 Å². The number of carbonyl (C=O) groups is 3. The van der Waals surface area contributed by atoms with Crippen molar-refractivity contribution in [3.8, 4) is 0 Å². The lowest BCUT2D eigenvalue weighted by atomic mass is 10.0. The van der Waals surface area contributed by atoms with Crippen LogP contribution in [0.5, 0.6) is 0 Å². The fourth-order valence-corrected chi connectivity index (χ4v) is 1.95. The fourth-order valence-electron chi connectivity index (χ4n) is 1.95. The highest BCUT2D eigenvalue weighted by molar-refractivity contribution is 5.87. The predicted octanol–water partition coefficient (Wildman–Crippen LogP) is 2.43. The zero-order chi connectivity index (χ0) is 19.0. The van der Waals surface area contributed by atoms with Crippen LogP contribution in [0.25, 0.3) is 0 Å². The lowest BCUT2D eigenvalue weighted by Crippen LogP contribution is -2.49. The second-order valence-corrected chi connectivity index (χ2v) is 6.53. The first-order valence-electron chi connectivity index (χ1n) is 7.92. The summed E-state index contributed by atoms with van der Waals surface area (Å²) in [7, 11) is 1.17. The first kappa shape index (κ1) is 20.5. The minimum absolute atomic E-state index is 0.0738. The number of hydrogen-bond donors (Lipinski definition) is 1. The molecule has 1 rings (SSSR count). The molecular weight excluding hydrogens is 326 g/mol. The smallest absolute Gasteiger partial charge is 0.408 e. The second-order valence-electron chi connectivity index (χ2n) is 6.53. The fraction of sp³-hybridized carbons (Fsp3) is 0.500. The molecule has 0 bridgehead atoms. The quantitative estimate of drug-likeness (QED) is 0.625. The summed E-state index contributed by atoms with van der Waals surface area (Å²) in [5.74, 6) is -2.32.